The Labute approximate surface area is 160 Å². The Bertz CT molecular complexity index is 848. The van der Waals surface area contributed by atoms with Gasteiger partial charge in [-0.1, -0.05) is 0 Å². The van der Waals surface area contributed by atoms with Crippen molar-refractivity contribution in [2.75, 3.05) is 22.1 Å². The van der Waals surface area contributed by atoms with Crippen LogP contribution in [0.25, 0.3) is 0 Å². The predicted octanol–water partition coefficient (Wildman–Crippen LogP) is 4.27. The van der Waals surface area contributed by atoms with Crippen LogP contribution >= 0.6 is 0 Å². The van der Waals surface area contributed by atoms with Gasteiger partial charge in [0.25, 0.3) is 0 Å². The Balaban J connectivity index is 1.57. The lowest BCUT2D eigenvalue weighted by molar-refractivity contribution is -0.137. The van der Waals surface area contributed by atoms with Crippen molar-refractivity contribution in [2.45, 2.75) is 32.0 Å². The molecule has 1 saturated heterocycles. The third-order valence-corrected chi connectivity index (χ3v) is 4.51. The molecule has 1 fully saturated rings. The highest BCUT2D eigenvalue weighted by Crippen LogP contribution is 2.30. The summed E-state index contributed by atoms with van der Waals surface area (Å²) in [4.78, 5) is 25.8. The molecule has 0 unspecified atom stereocenters. The lowest BCUT2D eigenvalue weighted by atomic mass is 10.2. The number of nitrogens with zero attached hydrogens (tertiary/aromatic N) is 1. The number of anilines is 3. The Hall–Kier alpha value is -3.03. The van der Waals surface area contributed by atoms with Gasteiger partial charge >= 0.3 is 6.18 Å². The van der Waals surface area contributed by atoms with Crippen molar-refractivity contribution >= 4 is 28.9 Å². The molecule has 2 N–H and O–H groups in total. The first-order chi connectivity index (χ1) is 13.2. The molecule has 1 atom stereocenters. The number of alkyl halides is 3. The molecule has 0 saturated carbocycles. The van der Waals surface area contributed by atoms with Gasteiger partial charge in [-0.15, -0.1) is 0 Å². The van der Waals surface area contributed by atoms with Crippen molar-refractivity contribution in [3.05, 3.63) is 54.1 Å². The van der Waals surface area contributed by atoms with Gasteiger partial charge < -0.3 is 15.5 Å². The smallest absolute Gasteiger partial charge is 0.374 e. The predicted molar refractivity (Wildman–Crippen MR) is 101 cm³/mol. The Morgan fingerprint density at radius 2 is 1.64 bits per heavy atom. The van der Waals surface area contributed by atoms with E-state index in [4.69, 9.17) is 0 Å². The number of carbonyl (C=O) groups is 2. The second kappa shape index (κ2) is 7.92. The molecule has 2 amide bonds. The zero-order valence-corrected chi connectivity index (χ0v) is 15.2. The molecule has 0 bridgehead atoms. The molecule has 2 aromatic rings. The van der Waals surface area contributed by atoms with Crippen molar-refractivity contribution in [3.8, 4) is 0 Å². The number of amides is 2. The van der Waals surface area contributed by atoms with Crippen LogP contribution in [-0.4, -0.2) is 24.4 Å². The Morgan fingerprint density at radius 1 is 1.04 bits per heavy atom. The average molecular weight is 391 g/mol. The topological polar surface area (TPSA) is 61.4 Å². The highest BCUT2D eigenvalue weighted by atomic mass is 19.4. The highest BCUT2D eigenvalue weighted by Gasteiger charge is 2.30. The molecule has 3 rings (SSSR count). The summed E-state index contributed by atoms with van der Waals surface area (Å²) in [6.45, 7) is 2.36. The SMILES string of the molecule is C[C@@H](Nc1ccc(N2CCCC2=O)cc1)C(=O)Nc1ccc(C(F)(F)F)cc1. The number of hydrogen-bond donors (Lipinski definition) is 2. The zero-order chi connectivity index (χ0) is 20.3. The Morgan fingerprint density at radius 3 is 2.18 bits per heavy atom. The van der Waals surface area contributed by atoms with Gasteiger partial charge in [-0.2, -0.15) is 13.2 Å². The lowest BCUT2D eigenvalue weighted by Gasteiger charge is -2.18. The lowest BCUT2D eigenvalue weighted by Crippen LogP contribution is -2.31. The molecule has 1 heterocycles. The van der Waals surface area contributed by atoms with E-state index in [0.717, 1.165) is 24.2 Å². The van der Waals surface area contributed by atoms with E-state index >= 15 is 0 Å². The number of halogens is 3. The number of carbonyl (C=O) groups excluding carboxylic acids is 2. The third-order valence-electron chi connectivity index (χ3n) is 4.51. The standard InChI is InChI=1S/C20H20F3N3O2/c1-13(19(28)25-16-6-4-14(5-7-16)20(21,22)23)24-15-8-10-17(11-9-15)26-12-2-3-18(26)27/h4-11,13,24H,2-3,12H2,1H3,(H,25,28)/t13-/m1/s1. The first kappa shape index (κ1) is 19.7. The maximum absolute atomic E-state index is 12.6. The summed E-state index contributed by atoms with van der Waals surface area (Å²) >= 11 is 0. The van der Waals surface area contributed by atoms with Crippen molar-refractivity contribution in [3.63, 3.8) is 0 Å². The highest BCUT2D eigenvalue weighted by molar-refractivity contribution is 5.97. The quantitative estimate of drug-likeness (QED) is 0.800. The minimum atomic E-state index is -4.41. The maximum Gasteiger partial charge on any atom is 0.416 e. The van der Waals surface area contributed by atoms with E-state index in [1.165, 1.54) is 12.1 Å². The number of nitrogens with one attached hydrogen (secondary N) is 2. The Kier molecular flexibility index (Phi) is 5.58. The molecule has 2 aromatic carbocycles. The molecule has 1 aliphatic rings. The van der Waals surface area contributed by atoms with Crippen LogP contribution in [0.2, 0.25) is 0 Å². The van der Waals surface area contributed by atoms with Crippen molar-refractivity contribution in [2.24, 2.45) is 0 Å². The second-order valence-corrected chi connectivity index (χ2v) is 6.63. The normalized spacial score (nSPS) is 15.4. The second-order valence-electron chi connectivity index (χ2n) is 6.63. The van der Waals surface area contributed by atoms with Crippen LogP contribution in [0.15, 0.2) is 48.5 Å². The minimum absolute atomic E-state index is 0.102. The largest absolute Gasteiger partial charge is 0.416 e. The molecule has 8 heteroatoms. The van der Waals surface area contributed by atoms with Crippen LogP contribution in [0, 0.1) is 0 Å². The fourth-order valence-corrected chi connectivity index (χ4v) is 2.97. The summed E-state index contributed by atoms with van der Waals surface area (Å²) in [5.41, 5.74) is 1.03. The molecule has 0 spiro atoms. The summed E-state index contributed by atoms with van der Waals surface area (Å²) in [6, 6.07) is 10.9. The fourth-order valence-electron chi connectivity index (χ4n) is 2.97. The summed E-state index contributed by atoms with van der Waals surface area (Å²) in [5, 5.41) is 5.61. The van der Waals surface area contributed by atoms with Crippen molar-refractivity contribution in [1.82, 2.24) is 0 Å². The minimum Gasteiger partial charge on any atom is -0.374 e. The van der Waals surface area contributed by atoms with Gasteiger partial charge in [-0.05, 0) is 61.9 Å². The van der Waals surface area contributed by atoms with E-state index in [1.54, 1.807) is 24.0 Å². The van der Waals surface area contributed by atoms with Gasteiger partial charge in [-0.3, -0.25) is 9.59 Å². The molecular weight excluding hydrogens is 371 g/mol. The van der Waals surface area contributed by atoms with Gasteiger partial charge in [-0.25, -0.2) is 0 Å². The summed E-state index contributed by atoms with van der Waals surface area (Å²) < 4.78 is 37.7. The van der Waals surface area contributed by atoms with Gasteiger partial charge in [0, 0.05) is 30.0 Å². The monoisotopic (exact) mass is 391 g/mol. The molecule has 0 aromatic heterocycles. The first-order valence-electron chi connectivity index (χ1n) is 8.89. The van der Waals surface area contributed by atoms with Gasteiger partial charge in [0.15, 0.2) is 0 Å². The molecule has 1 aliphatic heterocycles. The van der Waals surface area contributed by atoms with Crippen LogP contribution in [0.3, 0.4) is 0 Å². The van der Waals surface area contributed by atoms with E-state index in [2.05, 4.69) is 10.6 Å². The first-order valence-corrected chi connectivity index (χ1v) is 8.89. The van der Waals surface area contributed by atoms with E-state index < -0.39 is 17.8 Å². The summed E-state index contributed by atoms with van der Waals surface area (Å²) in [7, 11) is 0. The van der Waals surface area contributed by atoms with E-state index in [0.29, 0.717) is 18.7 Å². The van der Waals surface area contributed by atoms with Crippen LogP contribution in [-0.2, 0) is 15.8 Å². The van der Waals surface area contributed by atoms with Crippen molar-refractivity contribution < 1.29 is 22.8 Å². The van der Waals surface area contributed by atoms with Gasteiger partial charge in [0.2, 0.25) is 11.8 Å². The van der Waals surface area contributed by atoms with Crippen LogP contribution < -0.4 is 15.5 Å². The van der Waals surface area contributed by atoms with Crippen LogP contribution in [0.5, 0.6) is 0 Å². The molecule has 28 heavy (non-hydrogen) atoms. The third kappa shape index (κ3) is 4.62. The molecule has 148 valence electrons. The zero-order valence-electron chi connectivity index (χ0n) is 15.2. The average Bonchev–Trinajstić information content (AvgIpc) is 3.08. The molecule has 0 aliphatic carbocycles. The van der Waals surface area contributed by atoms with Gasteiger partial charge in [0.05, 0.1) is 5.56 Å². The summed E-state index contributed by atoms with van der Waals surface area (Å²) in [5.74, 6) is -0.274. The van der Waals surface area contributed by atoms with E-state index in [1.807, 2.05) is 12.1 Å². The molecule has 0 radical (unpaired) electrons. The van der Waals surface area contributed by atoms with Crippen LogP contribution in [0.4, 0.5) is 30.2 Å². The maximum atomic E-state index is 12.6. The number of rotatable bonds is 5. The van der Waals surface area contributed by atoms with Gasteiger partial charge in [0.1, 0.15) is 6.04 Å². The molecular formula is C20H20F3N3O2. The van der Waals surface area contributed by atoms with Crippen LogP contribution in [0.1, 0.15) is 25.3 Å². The fraction of sp³-hybridized carbons (Fsp3) is 0.300. The number of hydrogen-bond acceptors (Lipinski definition) is 3. The molecule has 5 nitrogen and oxygen atoms in total. The number of benzene rings is 2. The van der Waals surface area contributed by atoms with Crippen molar-refractivity contribution in [1.29, 1.82) is 0 Å². The van der Waals surface area contributed by atoms with E-state index in [9.17, 15) is 22.8 Å². The van der Waals surface area contributed by atoms with E-state index in [-0.39, 0.29) is 17.5 Å². The summed E-state index contributed by atoms with van der Waals surface area (Å²) in [6.07, 6.45) is -3.01.